The highest BCUT2D eigenvalue weighted by molar-refractivity contribution is 5.83. The van der Waals surface area contributed by atoms with E-state index in [1.807, 2.05) is 12.1 Å². The van der Waals surface area contributed by atoms with Gasteiger partial charge in [0.25, 0.3) is 5.91 Å². The lowest BCUT2D eigenvalue weighted by atomic mass is 10.2. The minimum Gasteiger partial charge on any atom is -0.497 e. The lowest BCUT2D eigenvalue weighted by Crippen LogP contribution is -2.28. The van der Waals surface area contributed by atoms with E-state index in [9.17, 15) is 14.4 Å². The van der Waals surface area contributed by atoms with Crippen molar-refractivity contribution >= 4 is 17.7 Å². The molecular formula is C15H19NO5. The smallest absolute Gasteiger partial charge is 0.306 e. The van der Waals surface area contributed by atoms with E-state index in [1.54, 1.807) is 19.2 Å². The van der Waals surface area contributed by atoms with E-state index in [0.29, 0.717) is 6.54 Å². The number of amides is 1. The Balaban J connectivity index is 2.24. The molecule has 0 saturated heterocycles. The van der Waals surface area contributed by atoms with Gasteiger partial charge >= 0.3 is 5.97 Å². The van der Waals surface area contributed by atoms with Crippen LogP contribution in [0.3, 0.4) is 0 Å². The van der Waals surface area contributed by atoms with Crippen LogP contribution < -0.4 is 10.1 Å². The van der Waals surface area contributed by atoms with Crippen LogP contribution in [0.2, 0.25) is 0 Å². The Hall–Kier alpha value is -2.37. The first-order valence-corrected chi connectivity index (χ1v) is 6.56. The highest BCUT2D eigenvalue weighted by Gasteiger charge is 2.08. The van der Waals surface area contributed by atoms with Crippen molar-refractivity contribution in [1.29, 1.82) is 0 Å². The lowest BCUT2D eigenvalue weighted by Gasteiger charge is -2.07. The fourth-order valence-corrected chi connectivity index (χ4v) is 1.49. The molecule has 1 amide bonds. The largest absolute Gasteiger partial charge is 0.497 e. The van der Waals surface area contributed by atoms with Gasteiger partial charge in [-0.25, -0.2) is 0 Å². The van der Waals surface area contributed by atoms with Crippen LogP contribution in [0.15, 0.2) is 24.3 Å². The Morgan fingerprint density at radius 2 is 1.76 bits per heavy atom. The molecule has 1 aromatic rings. The molecule has 1 rings (SSSR count). The van der Waals surface area contributed by atoms with E-state index in [-0.39, 0.29) is 31.1 Å². The maximum atomic E-state index is 11.5. The van der Waals surface area contributed by atoms with Crippen molar-refractivity contribution in [1.82, 2.24) is 5.32 Å². The number of rotatable bonds is 8. The molecule has 0 spiro atoms. The average Bonchev–Trinajstić information content (AvgIpc) is 2.49. The predicted molar refractivity (Wildman–Crippen MR) is 75.7 cm³/mol. The zero-order valence-corrected chi connectivity index (χ0v) is 12.2. The standard InChI is InChI=1S/C15H19NO5/c1-11(17)3-8-15(19)21-10-14(18)16-9-12-4-6-13(20-2)7-5-12/h4-7H,3,8-10H2,1-2H3,(H,16,18). The predicted octanol–water partition coefficient (Wildman–Crippen LogP) is 1.22. The van der Waals surface area contributed by atoms with Crippen molar-refractivity contribution in [2.24, 2.45) is 0 Å². The zero-order valence-electron chi connectivity index (χ0n) is 12.2. The third-order valence-corrected chi connectivity index (χ3v) is 2.69. The number of hydrogen-bond donors (Lipinski definition) is 1. The number of ether oxygens (including phenoxy) is 2. The van der Waals surface area contributed by atoms with E-state index in [4.69, 9.17) is 9.47 Å². The van der Waals surface area contributed by atoms with Gasteiger partial charge in [0.1, 0.15) is 11.5 Å². The van der Waals surface area contributed by atoms with Gasteiger partial charge in [0.05, 0.1) is 13.5 Å². The molecule has 21 heavy (non-hydrogen) atoms. The SMILES string of the molecule is COc1ccc(CNC(=O)COC(=O)CCC(C)=O)cc1. The fraction of sp³-hybridized carbons (Fsp3) is 0.400. The van der Waals surface area contributed by atoms with Crippen LogP contribution in [0.1, 0.15) is 25.3 Å². The fourth-order valence-electron chi connectivity index (χ4n) is 1.49. The summed E-state index contributed by atoms with van der Waals surface area (Å²) in [5, 5.41) is 2.63. The molecule has 114 valence electrons. The number of Topliss-reactive ketones (excluding diaryl/α,β-unsaturated/α-hetero) is 1. The summed E-state index contributed by atoms with van der Waals surface area (Å²) in [7, 11) is 1.58. The van der Waals surface area contributed by atoms with Gasteiger partial charge in [0, 0.05) is 13.0 Å². The molecule has 1 aromatic carbocycles. The number of hydrogen-bond acceptors (Lipinski definition) is 5. The number of nitrogens with one attached hydrogen (secondary N) is 1. The summed E-state index contributed by atoms with van der Waals surface area (Å²) < 4.78 is 9.79. The van der Waals surface area contributed by atoms with Gasteiger partial charge in [-0.1, -0.05) is 12.1 Å². The maximum Gasteiger partial charge on any atom is 0.306 e. The van der Waals surface area contributed by atoms with E-state index in [2.05, 4.69) is 5.32 Å². The molecule has 0 aromatic heterocycles. The second-order valence-corrected chi connectivity index (χ2v) is 4.49. The van der Waals surface area contributed by atoms with Gasteiger partial charge in [-0.15, -0.1) is 0 Å². The molecular weight excluding hydrogens is 274 g/mol. The monoisotopic (exact) mass is 293 g/mol. The summed E-state index contributed by atoms with van der Waals surface area (Å²) in [6.07, 6.45) is 0.132. The van der Waals surface area contributed by atoms with Crippen LogP contribution in [-0.2, 0) is 25.7 Å². The molecule has 0 aliphatic rings. The van der Waals surface area contributed by atoms with Crippen molar-refractivity contribution < 1.29 is 23.9 Å². The minimum atomic E-state index is -0.551. The van der Waals surface area contributed by atoms with E-state index >= 15 is 0 Å². The quantitative estimate of drug-likeness (QED) is 0.729. The Morgan fingerprint density at radius 1 is 1.10 bits per heavy atom. The van der Waals surface area contributed by atoms with Crippen LogP contribution in [0.5, 0.6) is 5.75 Å². The molecule has 0 bridgehead atoms. The van der Waals surface area contributed by atoms with Crippen molar-refractivity contribution in [2.45, 2.75) is 26.3 Å². The van der Waals surface area contributed by atoms with Crippen molar-refractivity contribution in [3.8, 4) is 5.75 Å². The third-order valence-electron chi connectivity index (χ3n) is 2.69. The molecule has 0 heterocycles. The summed E-state index contributed by atoms with van der Waals surface area (Å²) in [4.78, 5) is 33.4. The molecule has 0 aliphatic heterocycles. The van der Waals surface area contributed by atoms with Gasteiger partial charge in [-0.3, -0.25) is 9.59 Å². The molecule has 6 nitrogen and oxygen atoms in total. The normalized spacial score (nSPS) is 9.81. The Morgan fingerprint density at radius 3 is 2.33 bits per heavy atom. The highest BCUT2D eigenvalue weighted by atomic mass is 16.5. The summed E-state index contributed by atoms with van der Waals surface area (Å²) in [6.45, 7) is 1.40. The van der Waals surface area contributed by atoms with E-state index in [0.717, 1.165) is 11.3 Å². The first-order valence-electron chi connectivity index (χ1n) is 6.56. The summed E-state index contributed by atoms with van der Waals surface area (Å²) in [5.41, 5.74) is 0.909. The van der Waals surface area contributed by atoms with Crippen LogP contribution in [-0.4, -0.2) is 31.4 Å². The Labute approximate surface area is 123 Å². The number of carbonyl (C=O) groups is 3. The summed E-state index contributed by atoms with van der Waals surface area (Å²) >= 11 is 0. The lowest BCUT2D eigenvalue weighted by molar-refractivity contribution is -0.149. The number of methoxy groups -OCH3 is 1. The second-order valence-electron chi connectivity index (χ2n) is 4.49. The molecule has 6 heteroatoms. The zero-order chi connectivity index (χ0) is 15.7. The van der Waals surface area contributed by atoms with Crippen LogP contribution in [0.4, 0.5) is 0 Å². The minimum absolute atomic E-state index is 0.00108. The highest BCUT2D eigenvalue weighted by Crippen LogP contribution is 2.10. The first kappa shape index (κ1) is 16.7. The van der Waals surface area contributed by atoms with Crippen LogP contribution >= 0.6 is 0 Å². The van der Waals surface area contributed by atoms with Crippen molar-refractivity contribution in [3.05, 3.63) is 29.8 Å². The topological polar surface area (TPSA) is 81.7 Å². The molecule has 0 radical (unpaired) electrons. The Kier molecular flexibility index (Phi) is 6.94. The summed E-state index contributed by atoms with van der Waals surface area (Å²) in [6, 6.07) is 7.25. The molecule has 0 atom stereocenters. The third kappa shape index (κ3) is 7.10. The Bertz CT molecular complexity index is 495. The molecule has 0 aliphatic carbocycles. The van der Waals surface area contributed by atoms with Crippen LogP contribution in [0, 0.1) is 0 Å². The molecule has 0 saturated carbocycles. The molecule has 0 fully saturated rings. The molecule has 0 unspecified atom stereocenters. The number of esters is 1. The van der Waals surface area contributed by atoms with Gasteiger partial charge in [-0.2, -0.15) is 0 Å². The maximum absolute atomic E-state index is 11.5. The van der Waals surface area contributed by atoms with E-state index in [1.165, 1.54) is 6.92 Å². The van der Waals surface area contributed by atoms with Crippen molar-refractivity contribution in [3.63, 3.8) is 0 Å². The first-order chi connectivity index (χ1) is 10.0. The molecule has 1 N–H and O–H groups in total. The van der Waals surface area contributed by atoms with E-state index < -0.39 is 5.97 Å². The average molecular weight is 293 g/mol. The van der Waals surface area contributed by atoms with Gasteiger partial charge in [0.2, 0.25) is 0 Å². The summed E-state index contributed by atoms with van der Waals surface area (Å²) in [5.74, 6) is -0.285. The van der Waals surface area contributed by atoms with Gasteiger partial charge in [-0.05, 0) is 24.6 Å². The van der Waals surface area contributed by atoms with Crippen LogP contribution in [0.25, 0.3) is 0 Å². The van der Waals surface area contributed by atoms with Gasteiger partial charge in [0.15, 0.2) is 6.61 Å². The second kappa shape index (κ2) is 8.73. The number of ketones is 1. The number of benzene rings is 1. The van der Waals surface area contributed by atoms with Gasteiger partial charge < -0.3 is 19.6 Å². The van der Waals surface area contributed by atoms with Crippen molar-refractivity contribution in [2.75, 3.05) is 13.7 Å². The number of carbonyl (C=O) groups excluding carboxylic acids is 3.